The number of benzene rings is 2. The van der Waals surface area contributed by atoms with Crippen LogP contribution in [0.5, 0.6) is 11.5 Å². The quantitative estimate of drug-likeness (QED) is 0.943. The molecule has 1 amide bonds. The van der Waals surface area contributed by atoms with Crippen molar-refractivity contribution in [2.45, 2.75) is 19.3 Å². The van der Waals surface area contributed by atoms with Crippen molar-refractivity contribution < 1.29 is 18.7 Å². The van der Waals surface area contributed by atoms with Gasteiger partial charge in [0.15, 0.2) is 11.5 Å². The van der Waals surface area contributed by atoms with Gasteiger partial charge in [0.25, 0.3) is 0 Å². The zero-order valence-electron chi connectivity index (χ0n) is 13.1. The molecule has 1 aliphatic heterocycles. The molecule has 0 saturated heterocycles. The molecule has 1 heterocycles. The molecule has 0 aliphatic carbocycles. The summed E-state index contributed by atoms with van der Waals surface area (Å²) in [6, 6.07) is 11.2. The summed E-state index contributed by atoms with van der Waals surface area (Å²) in [7, 11) is 0. The summed E-state index contributed by atoms with van der Waals surface area (Å²) in [6.45, 7) is 4.61. The third kappa shape index (κ3) is 3.13. The minimum atomic E-state index is -0.791. The maximum absolute atomic E-state index is 13.1. The number of carbonyl (C=O) groups is 1. The third-order valence-corrected chi connectivity index (χ3v) is 3.93. The minimum absolute atomic E-state index is 0.180. The van der Waals surface area contributed by atoms with Crippen LogP contribution in [0.3, 0.4) is 0 Å². The number of hydrogen-bond acceptors (Lipinski definition) is 3. The molecule has 0 atom stereocenters. The van der Waals surface area contributed by atoms with Gasteiger partial charge in [-0.05, 0) is 43.7 Å². The van der Waals surface area contributed by atoms with E-state index < -0.39 is 5.41 Å². The second-order valence-corrected chi connectivity index (χ2v) is 5.94. The van der Waals surface area contributed by atoms with E-state index in [9.17, 15) is 9.18 Å². The largest absolute Gasteiger partial charge is 0.486 e. The fraction of sp³-hybridized carbons (Fsp3) is 0.278. The summed E-state index contributed by atoms with van der Waals surface area (Å²) in [6.07, 6.45) is 0. The molecule has 0 aromatic heterocycles. The molecule has 0 saturated carbocycles. The first kappa shape index (κ1) is 15.3. The first-order valence-electron chi connectivity index (χ1n) is 7.44. The van der Waals surface area contributed by atoms with Crippen LogP contribution in [0.1, 0.15) is 19.4 Å². The molecule has 5 heteroatoms. The lowest BCUT2D eigenvalue weighted by atomic mass is 9.83. The van der Waals surface area contributed by atoms with Crippen LogP contribution < -0.4 is 14.8 Å². The Balaban J connectivity index is 1.79. The predicted octanol–water partition coefficient (Wildman–Crippen LogP) is 3.51. The highest BCUT2D eigenvalue weighted by Crippen LogP contribution is 2.33. The average molecular weight is 315 g/mol. The Morgan fingerprint density at radius 3 is 2.39 bits per heavy atom. The Morgan fingerprint density at radius 2 is 1.70 bits per heavy atom. The molecule has 1 aliphatic rings. The minimum Gasteiger partial charge on any atom is -0.486 e. The number of hydrogen-bond donors (Lipinski definition) is 1. The van der Waals surface area contributed by atoms with E-state index in [0.717, 1.165) is 5.56 Å². The molecule has 2 aromatic rings. The molecule has 0 bridgehead atoms. The van der Waals surface area contributed by atoms with Crippen LogP contribution in [0.15, 0.2) is 42.5 Å². The van der Waals surface area contributed by atoms with Gasteiger partial charge in [0.1, 0.15) is 19.0 Å². The first-order valence-corrected chi connectivity index (χ1v) is 7.44. The van der Waals surface area contributed by atoms with Gasteiger partial charge in [-0.15, -0.1) is 0 Å². The lowest BCUT2D eigenvalue weighted by molar-refractivity contribution is -0.120. The van der Waals surface area contributed by atoms with Crippen LogP contribution >= 0.6 is 0 Å². The number of anilines is 1. The van der Waals surface area contributed by atoms with Crippen molar-refractivity contribution in [2.24, 2.45) is 0 Å². The van der Waals surface area contributed by atoms with E-state index in [2.05, 4.69) is 5.32 Å². The van der Waals surface area contributed by atoms with Crippen LogP contribution in [0, 0.1) is 5.82 Å². The zero-order chi connectivity index (χ0) is 16.4. The Labute approximate surface area is 134 Å². The lowest BCUT2D eigenvalue weighted by Gasteiger charge is -2.25. The third-order valence-electron chi connectivity index (χ3n) is 3.93. The number of nitrogens with one attached hydrogen (secondary N) is 1. The molecular formula is C18H18FNO3. The van der Waals surface area contributed by atoms with Crippen LogP contribution in [-0.4, -0.2) is 19.1 Å². The standard InChI is InChI=1S/C18H18FNO3/c1-18(2,12-3-5-13(19)6-4-12)17(21)20-14-7-8-15-16(11-14)23-10-9-22-15/h3-8,11H,9-10H2,1-2H3,(H,20,21). The lowest BCUT2D eigenvalue weighted by Crippen LogP contribution is -2.34. The molecule has 2 aromatic carbocycles. The van der Waals surface area contributed by atoms with Gasteiger partial charge in [-0.3, -0.25) is 4.79 Å². The highest BCUT2D eigenvalue weighted by atomic mass is 19.1. The molecule has 1 N–H and O–H groups in total. The Morgan fingerprint density at radius 1 is 1.04 bits per heavy atom. The average Bonchev–Trinajstić information content (AvgIpc) is 2.55. The normalized spacial score (nSPS) is 13.5. The molecular weight excluding hydrogens is 297 g/mol. The fourth-order valence-corrected chi connectivity index (χ4v) is 2.41. The first-order chi connectivity index (χ1) is 11.0. The molecule has 0 radical (unpaired) electrons. The van der Waals surface area contributed by atoms with Crippen molar-refractivity contribution >= 4 is 11.6 Å². The van der Waals surface area contributed by atoms with Gasteiger partial charge in [-0.1, -0.05) is 12.1 Å². The van der Waals surface area contributed by atoms with Gasteiger partial charge in [-0.25, -0.2) is 4.39 Å². The smallest absolute Gasteiger partial charge is 0.234 e. The van der Waals surface area contributed by atoms with Gasteiger partial charge >= 0.3 is 0 Å². The second-order valence-electron chi connectivity index (χ2n) is 5.94. The highest BCUT2D eigenvalue weighted by molar-refractivity contribution is 5.98. The molecule has 23 heavy (non-hydrogen) atoms. The monoisotopic (exact) mass is 315 g/mol. The van der Waals surface area contributed by atoms with E-state index in [4.69, 9.17) is 9.47 Å². The molecule has 0 spiro atoms. The molecule has 3 rings (SSSR count). The van der Waals surface area contributed by atoms with Crippen molar-refractivity contribution in [3.05, 3.63) is 53.8 Å². The highest BCUT2D eigenvalue weighted by Gasteiger charge is 2.30. The van der Waals surface area contributed by atoms with Crippen LogP contribution in [0.2, 0.25) is 0 Å². The maximum atomic E-state index is 13.1. The summed E-state index contributed by atoms with van der Waals surface area (Å²) < 4.78 is 24.0. The number of fused-ring (bicyclic) bond motifs is 1. The summed E-state index contributed by atoms with van der Waals surface area (Å²) in [5.74, 6) is 0.790. The van der Waals surface area contributed by atoms with E-state index in [-0.39, 0.29) is 11.7 Å². The fourth-order valence-electron chi connectivity index (χ4n) is 2.41. The van der Waals surface area contributed by atoms with Gasteiger partial charge in [-0.2, -0.15) is 0 Å². The molecule has 4 nitrogen and oxygen atoms in total. The SMILES string of the molecule is CC(C)(C(=O)Nc1ccc2c(c1)OCCO2)c1ccc(F)cc1. The maximum Gasteiger partial charge on any atom is 0.234 e. The van der Waals surface area contributed by atoms with Gasteiger partial charge in [0.05, 0.1) is 5.41 Å². The summed E-state index contributed by atoms with van der Waals surface area (Å²) in [4.78, 5) is 12.6. The zero-order valence-corrected chi connectivity index (χ0v) is 13.1. The number of halogens is 1. The Kier molecular flexibility index (Phi) is 3.94. The van der Waals surface area contributed by atoms with Crippen molar-refractivity contribution in [2.75, 3.05) is 18.5 Å². The van der Waals surface area contributed by atoms with Gasteiger partial charge in [0, 0.05) is 11.8 Å². The molecule has 120 valence electrons. The second kappa shape index (κ2) is 5.91. The molecule has 0 unspecified atom stereocenters. The number of rotatable bonds is 3. The van der Waals surface area contributed by atoms with Crippen LogP contribution in [0.25, 0.3) is 0 Å². The number of carbonyl (C=O) groups excluding carboxylic acids is 1. The van der Waals surface area contributed by atoms with E-state index >= 15 is 0 Å². The predicted molar refractivity (Wildman–Crippen MR) is 85.5 cm³/mol. The van der Waals surface area contributed by atoms with Crippen molar-refractivity contribution in [1.82, 2.24) is 0 Å². The van der Waals surface area contributed by atoms with Crippen molar-refractivity contribution in [3.63, 3.8) is 0 Å². The van der Waals surface area contributed by atoms with E-state index in [0.29, 0.717) is 30.4 Å². The topological polar surface area (TPSA) is 47.6 Å². The molecule has 0 fully saturated rings. The van der Waals surface area contributed by atoms with Crippen molar-refractivity contribution in [3.8, 4) is 11.5 Å². The Bertz CT molecular complexity index is 726. The Hall–Kier alpha value is -2.56. The van der Waals surface area contributed by atoms with Gasteiger partial charge in [0.2, 0.25) is 5.91 Å². The van der Waals surface area contributed by atoms with E-state index in [1.54, 1.807) is 44.2 Å². The summed E-state index contributed by atoms with van der Waals surface area (Å²) in [5.41, 5.74) is 0.587. The van der Waals surface area contributed by atoms with Gasteiger partial charge < -0.3 is 14.8 Å². The van der Waals surface area contributed by atoms with Crippen molar-refractivity contribution in [1.29, 1.82) is 0 Å². The van der Waals surface area contributed by atoms with E-state index in [1.807, 2.05) is 0 Å². The van der Waals surface area contributed by atoms with Crippen LogP contribution in [-0.2, 0) is 10.2 Å². The number of amides is 1. The number of ether oxygens (including phenoxy) is 2. The summed E-state index contributed by atoms with van der Waals surface area (Å²) >= 11 is 0. The van der Waals surface area contributed by atoms with E-state index in [1.165, 1.54) is 12.1 Å². The summed E-state index contributed by atoms with van der Waals surface area (Å²) in [5, 5.41) is 2.88. The van der Waals surface area contributed by atoms with Crippen LogP contribution in [0.4, 0.5) is 10.1 Å².